The molecule has 0 radical (unpaired) electrons. The molecule has 0 saturated carbocycles. The first-order chi connectivity index (χ1) is 18.1. The molecule has 7 nitrogen and oxygen atoms in total. The number of thioether (sulfide) groups is 1. The Hall–Kier alpha value is -2.30. The number of carboxylic acids is 1. The van der Waals surface area contributed by atoms with Gasteiger partial charge in [-0.15, -0.1) is 11.8 Å². The van der Waals surface area contributed by atoms with Crippen LogP contribution in [0, 0.1) is 0 Å². The minimum Gasteiger partial charge on any atom is -0.478 e. The van der Waals surface area contributed by atoms with E-state index in [1.807, 2.05) is 30.3 Å². The molecule has 3 atom stereocenters. The van der Waals surface area contributed by atoms with E-state index in [0.717, 1.165) is 16.0 Å². The van der Waals surface area contributed by atoms with Crippen molar-refractivity contribution in [3.05, 3.63) is 95.1 Å². The summed E-state index contributed by atoms with van der Waals surface area (Å²) in [6, 6.07) is 21.2. The number of alkyl halides is 3. The maximum Gasteiger partial charge on any atom is 0.335 e. The summed E-state index contributed by atoms with van der Waals surface area (Å²) in [7, 11) is 0. The molecule has 1 heterocycles. The summed E-state index contributed by atoms with van der Waals surface area (Å²) in [4.78, 5) is 24.2. The van der Waals surface area contributed by atoms with Crippen molar-refractivity contribution in [3.8, 4) is 0 Å². The monoisotopic (exact) mass is 595 g/mol. The number of benzene rings is 3. The summed E-state index contributed by atoms with van der Waals surface area (Å²) in [5.41, 5.74) is 3.06. The number of anilines is 1. The number of hydrogen-bond acceptors (Lipinski definition) is 6. The van der Waals surface area contributed by atoms with Gasteiger partial charge in [-0.05, 0) is 47.5 Å². The molecule has 11 heteroatoms. The van der Waals surface area contributed by atoms with Crippen molar-refractivity contribution < 1.29 is 29.3 Å². The summed E-state index contributed by atoms with van der Waals surface area (Å²) < 4.78 is 10.5. The highest BCUT2D eigenvalue weighted by Crippen LogP contribution is 2.40. The second-order valence-electron chi connectivity index (χ2n) is 8.57. The van der Waals surface area contributed by atoms with E-state index in [4.69, 9.17) is 49.4 Å². The van der Waals surface area contributed by atoms with Crippen molar-refractivity contribution >= 4 is 64.1 Å². The molecule has 0 aromatic heterocycles. The fourth-order valence-corrected chi connectivity index (χ4v) is 4.93. The van der Waals surface area contributed by atoms with Gasteiger partial charge in [-0.1, -0.05) is 71.2 Å². The quantitative estimate of drug-likeness (QED) is 0.201. The molecular formula is C27H24Cl3NO6S. The zero-order valence-corrected chi connectivity index (χ0v) is 22.9. The van der Waals surface area contributed by atoms with Crippen molar-refractivity contribution in [2.24, 2.45) is 0 Å². The third-order valence-electron chi connectivity index (χ3n) is 5.83. The van der Waals surface area contributed by atoms with Gasteiger partial charge < -0.3 is 25.0 Å². The number of carboxylic acid groups (broad SMARTS) is 1. The Morgan fingerprint density at radius 2 is 1.68 bits per heavy atom. The molecule has 1 aliphatic rings. The molecule has 3 aromatic carbocycles. The second-order valence-corrected chi connectivity index (χ2v) is 11.9. The number of nitrogens with one attached hydrogen (secondary N) is 1. The standard InChI is InChI=1S/C27H24Cl3NO6S/c28-27(29,30)26(35)31-20-3-1-2-19(12-20)25-36-21(15-38-22-10-8-18(9-11-22)24(33)34)13-23(37-25)17-6-4-16(14-32)5-7-17/h1-12,21,23,25,32H,13-15H2,(H,31,35)(H,33,34)/t21-,23+,25+/m0/s1. The predicted molar refractivity (Wildman–Crippen MR) is 148 cm³/mol. The van der Waals surface area contributed by atoms with E-state index in [9.17, 15) is 14.7 Å². The minimum absolute atomic E-state index is 0.0514. The van der Waals surface area contributed by atoms with E-state index in [2.05, 4.69) is 5.32 Å². The van der Waals surface area contributed by atoms with Crippen LogP contribution in [0.25, 0.3) is 0 Å². The van der Waals surface area contributed by atoms with E-state index >= 15 is 0 Å². The topological polar surface area (TPSA) is 105 Å². The van der Waals surface area contributed by atoms with Gasteiger partial charge in [-0.2, -0.15) is 0 Å². The third kappa shape index (κ3) is 7.64. The molecule has 200 valence electrons. The van der Waals surface area contributed by atoms with Crippen LogP contribution in [0.1, 0.15) is 45.9 Å². The van der Waals surface area contributed by atoms with Crippen LogP contribution in [-0.2, 0) is 20.9 Å². The molecule has 1 aliphatic heterocycles. The van der Waals surface area contributed by atoms with Crippen LogP contribution >= 0.6 is 46.6 Å². The first-order valence-corrected chi connectivity index (χ1v) is 13.7. The highest BCUT2D eigenvalue weighted by Gasteiger charge is 2.33. The van der Waals surface area contributed by atoms with E-state index in [1.54, 1.807) is 54.2 Å². The van der Waals surface area contributed by atoms with E-state index in [1.165, 1.54) is 0 Å². The number of ether oxygens (including phenoxy) is 2. The number of carbonyl (C=O) groups excluding carboxylic acids is 1. The Kier molecular flexibility index (Phi) is 9.59. The maximum absolute atomic E-state index is 12.1. The van der Waals surface area contributed by atoms with Crippen LogP contribution in [0.15, 0.2) is 77.7 Å². The normalized spacial score (nSPS) is 19.6. The van der Waals surface area contributed by atoms with Crippen LogP contribution in [0.2, 0.25) is 0 Å². The van der Waals surface area contributed by atoms with Crippen LogP contribution in [-0.4, -0.2) is 37.7 Å². The summed E-state index contributed by atoms with van der Waals surface area (Å²) >= 11 is 18.6. The van der Waals surface area contributed by atoms with Crippen molar-refractivity contribution in [1.82, 2.24) is 0 Å². The Balaban J connectivity index is 1.53. The molecule has 0 bridgehead atoms. The first-order valence-electron chi connectivity index (χ1n) is 11.6. The Bertz CT molecular complexity index is 1270. The van der Waals surface area contributed by atoms with Gasteiger partial charge in [0.1, 0.15) is 0 Å². The first kappa shape index (κ1) is 28.7. The van der Waals surface area contributed by atoms with Gasteiger partial charge in [0.05, 0.1) is 24.4 Å². The number of rotatable bonds is 8. The Morgan fingerprint density at radius 1 is 0.974 bits per heavy atom. The van der Waals surface area contributed by atoms with E-state index in [0.29, 0.717) is 23.4 Å². The smallest absolute Gasteiger partial charge is 0.335 e. The van der Waals surface area contributed by atoms with Crippen molar-refractivity contribution in [3.63, 3.8) is 0 Å². The number of aromatic carboxylic acids is 1. The third-order valence-corrected chi connectivity index (χ3v) is 7.49. The Morgan fingerprint density at radius 3 is 2.32 bits per heavy atom. The molecule has 1 amide bonds. The lowest BCUT2D eigenvalue weighted by atomic mass is 10.0. The van der Waals surface area contributed by atoms with Crippen molar-refractivity contribution in [2.45, 2.75) is 40.2 Å². The van der Waals surface area contributed by atoms with Gasteiger partial charge in [-0.3, -0.25) is 4.79 Å². The zero-order valence-electron chi connectivity index (χ0n) is 19.9. The minimum atomic E-state index is -2.11. The molecule has 0 unspecified atom stereocenters. The number of amides is 1. The number of hydrogen-bond donors (Lipinski definition) is 3. The van der Waals surface area contributed by atoms with Gasteiger partial charge >= 0.3 is 5.97 Å². The molecule has 0 aliphatic carbocycles. The van der Waals surface area contributed by atoms with Crippen LogP contribution < -0.4 is 5.32 Å². The molecule has 3 N–H and O–H groups in total. The summed E-state index contributed by atoms with van der Waals surface area (Å²) in [5, 5.41) is 21.1. The summed E-state index contributed by atoms with van der Waals surface area (Å²) in [6.45, 7) is -0.0514. The fourth-order valence-electron chi connectivity index (χ4n) is 3.87. The van der Waals surface area contributed by atoms with Crippen LogP contribution in [0.4, 0.5) is 5.69 Å². The van der Waals surface area contributed by atoms with Crippen molar-refractivity contribution in [2.75, 3.05) is 11.1 Å². The second kappa shape index (κ2) is 12.7. The zero-order chi connectivity index (χ0) is 27.3. The number of carbonyl (C=O) groups is 2. The largest absolute Gasteiger partial charge is 0.478 e. The van der Waals surface area contributed by atoms with E-state index < -0.39 is 22.0 Å². The average molecular weight is 597 g/mol. The predicted octanol–water partition coefficient (Wildman–Crippen LogP) is 6.52. The Labute approximate surface area is 239 Å². The summed E-state index contributed by atoms with van der Waals surface area (Å²) in [5.74, 6) is -1.16. The molecule has 1 saturated heterocycles. The van der Waals surface area contributed by atoms with Gasteiger partial charge in [0.25, 0.3) is 9.70 Å². The fraction of sp³-hybridized carbons (Fsp3) is 0.259. The molecule has 38 heavy (non-hydrogen) atoms. The molecule has 1 fully saturated rings. The number of aliphatic hydroxyl groups excluding tert-OH is 1. The van der Waals surface area contributed by atoms with Gasteiger partial charge in [0, 0.05) is 28.3 Å². The number of halogens is 3. The van der Waals surface area contributed by atoms with Crippen LogP contribution in [0.3, 0.4) is 0 Å². The van der Waals surface area contributed by atoms with Gasteiger partial charge in [0.15, 0.2) is 6.29 Å². The summed E-state index contributed by atoms with van der Waals surface area (Å²) in [6.07, 6.45) is -0.657. The van der Waals surface area contributed by atoms with Crippen molar-refractivity contribution in [1.29, 1.82) is 0 Å². The van der Waals surface area contributed by atoms with Crippen LogP contribution in [0.5, 0.6) is 0 Å². The van der Waals surface area contributed by atoms with Gasteiger partial charge in [0.2, 0.25) is 0 Å². The lowest BCUT2D eigenvalue weighted by molar-refractivity contribution is -0.245. The number of aliphatic hydroxyl groups is 1. The lowest BCUT2D eigenvalue weighted by Crippen LogP contribution is -2.31. The molecular weight excluding hydrogens is 573 g/mol. The SMILES string of the molecule is O=C(O)c1ccc(SC[C@@H]2C[C@H](c3ccc(CO)cc3)O[C@H](c3cccc(NC(=O)C(Cl)(Cl)Cl)c3)O2)cc1. The molecule has 3 aromatic rings. The van der Waals surface area contributed by atoms with E-state index in [-0.39, 0.29) is 24.4 Å². The molecule has 0 spiro atoms. The maximum atomic E-state index is 12.1. The lowest BCUT2D eigenvalue weighted by Gasteiger charge is -2.36. The van der Waals surface area contributed by atoms with Gasteiger partial charge in [-0.25, -0.2) is 4.79 Å². The molecule has 4 rings (SSSR count). The average Bonchev–Trinajstić information content (AvgIpc) is 2.91. The highest BCUT2D eigenvalue weighted by atomic mass is 35.6. The highest BCUT2D eigenvalue weighted by molar-refractivity contribution is 7.99.